The molecule has 0 unspecified atom stereocenters. The van der Waals surface area contributed by atoms with Crippen molar-refractivity contribution in [1.29, 1.82) is 0 Å². The van der Waals surface area contributed by atoms with Gasteiger partial charge < -0.3 is 14.4 Å². The number of ether oxygens (including phenoxy) is 1. The highest BCUT2D eigenvalue weighted by molar-refractivity contribution is 6.39. The average Bonchev–Trinajstić information content (AvgIpc) is 2.80. The summed E-state index contributed by atoms with van der Waals surface area (Å²) in [5, 5.41) is 14.2. The van der Waals surface area contributed by atoms with E-state index < -0.39 is 0 Å². The summed E-state index contributed by atoms with van der Waals surface area (Å²) >= 11 is 12.2. The van der Waals surface area contributed by atoms with E-state index in [1.54, 1.807) is 12.1 Å². The highest BCUT2D eigenvalue weighted by Gasteiger charge is 2.20. The summed E-state index contributed by atoms with van der Waals surface area (Å²) in [5.74, 6) is 0.460. The predicted molar refractivity (Wildman–Crippen MR) is 91.0 cm³/mol. The lowest BCUT2D eigenvalue weighted by Crippen LogP contribution is -2.07. The number of hydrogen-bond acceptors (Lipinski definition) is 4. The molecular weight excluding hydrogens is 339 g/mol. The first-order valence-corrected chi connectivity index (χ1v) is 7.59. The Bertz CT molecular complexity index is 863. The number of nitroso groups, excluding NO2 is 1. The number of aromatic hydroxyl groups is 1. The third-order valence-corrected chi connectivity index (χ3v) is 3.95. The first-order valence-electron chi connectivity index (χ1n) is 6.83. The van der Waals surface area contributed by atoms with Gasteiger partial charge in [0.05, 0.1) is 17.1 Å². The molecule has 0 atom stereocenters. The Morgan fingerprint density at radius 2 is 1.91 bits per heavy atom. The van der Waals surface area contributed by atoms with Crippen LogP contribution >= 0.6 is 23.2 Å². The van der Waals surface area contributed by atoms with Gasteiger partial charge in [-0.1, -0.05) is 41.4 Å². The van der Waals surface area contributed by atoms with E-state index in [4.69, 9.17) is 27.9 Å². The predicted octanol–water partition coefficient (Wildman–Crippen LogP) is 5.13. The largest absolute Gasteiger partial charge is 0.493 e. The van der Waals surface area contributed by atoms with Gasteiger partial charge in [0.2, 0.25) is 5.88 Å². The Hall–Kier alpha value is -2.24. The van der Waals surface area contributed by atoms with Crippen molar-refractivity contribution in [3.63, 3.8) is 0 Å². The number of benzene rings is 2. The van der Waals surface area contributed by atoms with Gasteiger partial charge in [0.15, 0.2) is 5.69 Å². The molecule has 1 N–H and O–H groups in total. The van der Waals surface area contributed by atoms with Gasteiger partial charge in [-0.25, -0.2) is 0 Å². The number of fused-ring (bicyclic) bond motifs is 1. The Labute approximate surface area is 142 Å². The van der Waals surface area contributed by atoms with Gasteiger partial charge in [0.25, 0.3) is 0 Å². The highest BCUT2D eigenvalue weighted by Crippen LogP contribution is 2.42. The topological polar surface area (TPSA) is 63.8 Å². The van der Waals surface area contributed by atoms with Gasteiger partial charge in [0.1, 0.15) is 12.4 Å². The fourth-order valence-electron chi connectivity index (χ4n) is 2.45. The van der Waals surface area contributed by atoms with Crippen LogP contribution in [0.15, 0.2) is 47.6 Å². The molecule has 0 amide bonds. The molecule has 0 fully saturated rings. The zero-order valence-corrected chi connectivity index (χ0v) is 13.4. The summed E-state index contributed by atoms with van der Waals surface area (Å²) < 4.78 is 7.10. The minimum Gasteiger partial charge on any atom is -0.493 e. The molecule has 0 aliphatic heterocycles. The molecule has 3 aromatic rings. The molecule has 3 rings (SSSR count). The number of aromatic nitrogens is 1. The van der Waals surface area contributed by atoms with Crippen molar-refractivity contribution in [3.05, 3.63) is 57.4 Å². The van der Waals surface area contributed by atoms with Gasteiger partial charge in [0, 0.05) is 10.4 Å². The zero-order valence-electron chi connectivity index (χ0n) is 11.9. The Morgan fingerprint density at radius 1 is 1.17 bits per heavy atom. The smallest absolute Gasteiger partial charge is 0.222 e. The van der Waals surface area contributed by atoms with E-state index in [2.05, 4.69) is 5.18 Å². The summed E-state index contributed by atoms with van der Waals surface area (Å²) in [6.45, 7) is 0.590. The fourth-order valence-corrected chi connectivity index (χ4v) is 3.05. The van der Waals surface area contributed by atoms with Crippen LogP contribution in [0.4, 0.5) is 5.69 Å². The molecule has 23 heavy (non-hydrogen) atoms. The number of nitrogens with zero attached hydrogens (tertiary/aromatic N) is 2. The first kappa shape index (κ1) is 15.6. The van der Waals surface area contributed by atoms with Crippen molar-refractivity contribution >= 4 is 39.8 Å². The molecule has 0 aliphatic carbocycles. The molecule has 2 aromatic carbocycles. The fraction of sp³-hybridized carbons (Fsp3) is 0.125. The van der Waals surface area contributed by atoms with Crippen LogP contribution in [0.25, 0.3) is 10.9 Å². The second-order valence-corrected chi connectivity index (χ2v) is 5.70. The molecule has 0 radical (unpaired) electrons. The lowest BCUT2D eigenvalue weighted by Gasteiger charge is -2.10. The van der Waals surface area contributed by atoms with Gasteiger partial charge in [-0.2, -0.15) is 0 Å². The van der Waals surface area contributed by atoms with Crippen molar-refractivity contribution in [2.45, 2.75) is 6.54 Å². The minimum atomic E-state index is -0.254. The van der Waals surface area contributed by atoms with Crippen molar-refractivity contribution in [2.75, 3.05) is 6.61 Å². The van der Waals surface area contributed by atoms with Crippen molar-refractivity contribution in [3.8, 4) is 11.6 Å². The molecule has 0 aliphatic rings. The molecule has 1 heterocycles. The van der Waals surface area contributed by atoms with E-state index in [1.807, 2.05) is 30.3 Å². The summed E-state index contributed by atoms with van der Waals surface area (Å²) in [6, 6.07) is 12.4. The lowest BCUT2D eigenvalue weighted by atomic mass is 10.2. The molecule has 0 saturated heterocycles. The van der Waals surface area contributed by atoms with Crippen molar-refractivity contribution in [1.82, 2.24) is 4.57 Å². The van der Waals surface area contributed by atoms with Crippen LogP contribution in [-0.4, -0.2) is 16.3 Å². The Balaban J connectivity index is 1.94. The number of hydrogen-bond donors (Lipinski definition) is 1. The van der Waals surface area contributed by atoms with Gasteiger partial charge in [-0.15, -0.1) is 4.91 Å². The minimum absolute atomic E-state index is 0.0795. The Morgan fingerprint density at radius 3 is 2.61 bits per heavy atom. The van der Waals surface area contributed by atoms with E-state index in [0.29, 0.717) is 39.8 Å². The van der Waals surface area contributed by atoms with Crippen molar-refractivity contribution < 1.29 is 9.84 Å². The normalized spacial score (nSPS) is 10.9. The SMILES string of the molecule is O=Nc1c(O)n(CCOc2ccccc2)c2c(Cl)cc(Cl)cc12. The third-order valence-electron chi connectivity index (χ3n) is 3.44. The monoisotopic (exact) mass is 350 g/mol. The Kier molecular flexibility index (Phi) is 4.41. The molecular formula is C16H12Cl2N2O3. The van der Waals surface area contributed by atoms with Crippen LogP contribution in [0.3, 0.4) is 0 Å². The lowest BCUT2D eigenvalue weighted by molar-refractivity contribution is 0.290. The first-order chi connectivity index (χ1) is 11.1. The van der Waals surface area contributed by atoms with Crippen LogP contribution in [0.1, 0.15) is 0 Å². The quantitative estimate of drug-likeness (QED) is 0.648. The third kappa shape index (κ3) is 2.98. The maximum atomic E-state index is 11.0. The van der Waals surface area contributed by atoms with Gasteiger partial charge in [-0.3, -0.25) is 0 Å². The van der Waals surface area contributed by atoms with Crippen LogP contribution in [0.5, 0.6) is 11.6 Å². The maximum Gasteiger partial charge on any atom is 0.222 e. The molecule has 118 valence electrons. The molecule has 0 spiro atoms. The highest BCUT2D eigenvalue weighted by atomic mass is 35.5. The van der Waals surface area contributed by atoms with E-state index in [0.717, 1.165) is 0 Å². The van der Waals surface area contributed by atoms with Crippen LogP contribution in [0.2, 0.25) is 10.0 Å². The van der Waals surface area contributed by atoms with Crippen molar-refractivity contribution in [2.24, 2.45) is 5.18 Å². The molecule has 0 bridgehead atoms. The molecule has 1 aromatic heterocycles. The summed E-state index contributed by atoms with van der Waals surface area (Å²) in [7, 11) is 0. The van der Waals surface area contributed by atoms with Gasteiger partial charge in [-0.05, 0) is 29.4 Å². The van der Waals surface area contributed by atoms with E-state index in [1.165, 1.54) is 4.57 Å². The van der Waals surface area contributed by atoms with E-state index in [9.17, 15) is 10.0 Å². The van der Waals surface area contributed by atoms with Crippen LogP contribution in [0, 0.1) is 4.91 Å². The number of rotatable bonds is 5. The maximum absolute atomic E-state index is 11.0. The number of halogens is 2. The van der Waals surface area contributed by atoms with E-state index in [-0.39, 0.29) is 11.6 Å². The number of para-hydroxylation sites is 1. The second-order valence-electron chi connectivity index (χ2n) is 4.86. The van der Waals surface area contributed by atoms with Crippen LogP contribution < -0.4 is 4.74 Å². The zero-order chi connectivity index (χ0) is 16.4. The summed E-state index contributed by atoms with van der Waals surface area (Å²) in [4.78, 5) is 11.0. The summed E-state index contributed by atoms with van der Waals surface area (Å²) in [5.41, 5.74) is 0.420. The van der Waals surface area contributed by atoms with Crippen LogP contribution in [-0.2, 0) is 6.54 Å². The van der Waals surface area contributed by atoms with E-state index >= 15 is 0 Å². The van der Waals surface area contributed by atoms with Gasteiger partial charge >= 0.3 is 0 Å². The average molecular weight is 351 g/mol. The summed E-state index contributed by atoms with van der Waals surface area (Å²) in [6.07, 6.45) is 0. The molecule has 7 heteroatoms. The molecule has 0 saturated carbocycles. The second kappa shape index (κ2) is 6.48. The standard InChI is InChI=1S/C16H12Cl2N2O3/c17-10-8-12-14(19-22)16(21)20(15(12)13(18)9-10)6-7-23-11-4-2-1-3-5-11/h1-5,8-9,21H,6-7H2. The molecule has 5 nitrogen and oxygen atoms in total.